The summed E-state index contributed by atoms with van der Waals surface area (Å²) in [5.41, 5.74) is 0.300. The fraction of sp³-hybridized carbons (Fsp3) is 0.500. The van der Waals surface area contributed by atoms with Crippen molar-refractivity contribution >= 4 is 24.2 Å². The number of carbonyl (C=O) groups excluding carboxylic acids is 2. The van der Waals surface area contributed by atoms with Crippen LogP contribution >= 0.6 is 12.4 Å². The Balaban J connectivity index is 0.00000288. The number of amides is 2. The summed E-state index contributed by atoms with van der Waals surface area (Å²) in [6.07, 6.45) is 0. The lowest BCUT2D eigenvalue weighted by Crippen LogP contribution is -2.52. The molecule has 0 saturated carbocycles. The highest BCUT2D eigenvalue weighted by atomic mass is 35.5. The summed E-state index contributed by atoms with van der Waals surface area (Å²) in [5, 5.41) is 12.8. The molecule has 24 heavy (non-hydrogen) atoms. The molecular weight excluding hydrogens is 334 g/mol. The summed E-state index contributed by atoms with van der Waals surface area (Å²) in [6.45, 7) is 3.42. The van der Waals surface area contributed by atoms with Crippen LogP contribution in [0.15, 0.2) is 24.3 Å². The molecule has 1 heterocycles. The van der Waals surface area contributed by atoms with Crippen molar-refractivity contribution in [1.29, 1.82) is 0 Å². The van der Waals surface area contributed by atoms with Crippen molar-refractivity contribution in [3.8, 4) is 5.75 Å². The molecule has 7 nitrogen and oxygen atoms in total. The number of methoxy groups -OCH3 is 1. The Bertz CT molecular complexity index is 548. The number of halogens is 1. The number of benzene rings is 1. The average molecular weight is 358 g/mol. The summed E-state index contributed by atoms with van der Waals surface area (Å²) in [7, 11) is 1.62. The Morgan fingerprint density at radius 1 is 1.17 bits per heavy atom. The molecule has 1 aromatic rings. The van der Waals surface area contributed by atoms with Crippen LogP contribution < -0.4 is 5.32 Å². The highest BCUT2D eigenvalue weighted by molar-refractivity contribution is 5.97. The lowest BCUT2D eigenvalue weighted by molar-refractivity contribution is -0.131. The Labute approximate surface area is 148 Å². The number of phenols is 1. The average Bonchev–Trinajstić information content (AvgIpc) is 2.58. The first-order valence-corrected chi connectivity index (χ1v) is 7.68. The maximum atomic E-state index is 12.4. The van der Waals surface area contributed by atoms with Crippen LogP contribution in [0.1, 0.15) is 10.4 Å². The van der Waals surface area contributed by atoms with Gasteiger partial charge in [-0.2, -0.15) is 0 Å². The van der Waals surface area contributed by atoms with E-state index in [4.69, 9.17) is 4.74 Å². The van der Waals surface area contributed by atoms with Crippen LogP contribution in [0.2, 0.25) is 0 Å². The number of aromatic hydroxyl groups is 1. The molecule has 0 spiro atoms. The number of phenolic OH excluding ortho intramolecular Hbond substituents is 1. The third-order valence-electron chi connectivity index (χ3n) is 3.81. The van der Waals surface area contributed by atoms with Gasteiger partial charge in [0.15, 0.2) is 0 Å². The van der Waals surface area contributed by atoms with Gasteiger partial charge in [-0.05, 0) is 12.1 Å². The molecule has 2 amide bonds. The number of rotatable bonds is 6. The number of nitrogens with zero attached hydrogens (tertiary/aromatic N) is 2. The SMILES string of the molecule is COCCNCC(=O)N1CCN(C(=O)c2ccccc2O)CC1.Cl. The van der Waals surface area contributed by atoms with E-state index in [1.807, 2.05) is 0 Å². The molecule has 1 aliphatic heterocycles. The number of para-hydroxylation sites is 1. The lowest BCUT2D eigenvalue weighted by atomic mass is 10.1. The zero-order chi connectivity index (χ0) is 16.7. The number of hydrogen-bond donors (Lipinski definition) is 2. The van der Waals surface area contributed by atoms with Gasteiger partial charge in [0.2, 0.25) is 5.91 Å². The molecule has 1 saturated heterocycles. The standard InChI is InChI=1S/C16H23N3O4.ClH/c1-23-11-6-17-12-15(21)18-7-9-19(10-8-18)16(22)13-4-2-3-5-14(13)20;/h2-5,17,20H,6-12H2,1H3;1H. The second-order valence-electron chi connectivity index (χ2n) is 5.36. The normalized spacial score (nSPS) is 14.2. The lowest BCUT2D eigenvalue weighted by Gasteiger charge is -2.35. The number of nitrogens with one attached hydrogen (secondary N) is 1. The molecule has 2 rings (SSSR count). The van der Waals surface area contributed by atoms with Gasteiger partial charge < -0.3 is 25.0 Å². The van der Waals surface area contributed by atoms with Crippen LogP contribution in [0.4, 0.5) is 0 Å². The first-order valence-electron chi connectivity index (χ1n) is 7.68. The van der Waals surface area contributed by atoms with E-state index in [0.717, 1.165) is 0 Å². The highest BCUT2D eigenvalue weighted by Gasteiger charge is 2.25. The van der Waals surface area contributed by atoms with E-state index in [0.29, 0.717) is 44.9 Å². The van der Waals surface area contributed by atoms with Gasteiger partial charge in [-0.25, -0.2) is 0 Å². The van der Waals surface area contributed by atoms with Gasteiger partial charge in [0.05, 0.1) is 18.7 Å². The quantitative estimate of drug-likeness (QED) is 0.717. The van der Waals surface area contributed by atoms with Crippen LogP contribution in [-0.2, 0) is 9.53 Å². The third kappa shape index (κ3) is 5.36. The van der Waals surface area contributed by atoms with Crippen molar-refractivity contribution < 1.29 is 19.4 Å². The Morgan fingerprint density at radius 3 is 2.42 bits per heavy atom. The Hall–Kier alpha value is -1.83. The molecule has 0 bridgehead atoms. The molecular formula is C16H24ClN3O4. The minimum atomic E-state index is -0.201. The first kappa shape index (κ1) is 20.2. The Morgan fingerprint density at radius 2 is 1.79 bits per heavy atom. The second kappa shape index (κ2) is 10.1. The molecule has 0 aliphatic carbocycles. The van der Waals surface area contributed by atoms with E-state index in [2.05, 4.69) is 5.32 Å². The molecule has 1 fully saturated rings. The molecule has 0 atom stereocenters. The molecule has 2 N–H and O–H groups in total. The zero-order valence-corrected chi connectivity index (χ0v) is 14.6. The fourth-order valence-corrected chi connectivity index (χ4v) is 2.47. The van der Waals surface area contributed by atoms with Crippen molar-refractivity contribution in [3.05, 3.63) is 29.8 Å². The van der Waals surface area contributed by atoms with E-state index in [9.17, 15) is 14.7 Å². The van der Waals surface area contributed by atoms with Crippen LogP contribution in [-0.4, -0.2) is 79.7 Å². The van der Waals surface area contributed by atoms with Gasteiger partial charge in [-0.15, -0.1) is 12.4 Å². The van der Waals surface area contributed by atoms with Crippen LogP contribution in [0.5, 0.6) is 5.75 Å². The predicted octanol–water partition coefficient (Wildman–Crippen LogP) is 0.334. The summed E-state index contributed by atoms with van der Waals surface area (Å²) in [6, 6.07) is 6.51. The van der Waals surface area contributed by atoms with E-state index in [1.165, 1.54) is 6.07 Å². The number of hydrogen-bond acceptors (Lipinski definition) is 5. The highest BCUT2D eigenvalue weighted by Crippen LogP contribution is 2.18. The summed E-state index contributed by atoms with van der Waals surface area (Å²) in [5.74, 6) is -0.192. The summed E-state index contributed by atoms with van der Waals surface area (Å²) in [4.78, 5) is 27.8. The van der Waals surface area contributed by atoms with Crippen molar-refractivity contribution in [1.82, 2.24) is 15.1 Å². The summed E-state index contributed by atoms with van der Waals surface area (Å²) >= 11 is 0. The van der Waals surface area contributed by atoms with Crippen molar-refractivity contribution in [2.75, 3.05) is 53.0 Å². The van der Waals surface area contributed by atoms with Gasteiger partial charge >= 0.3 is 0 Å². The largest absolute Gasteiger partial charge is 0.507 e. The molecule has 0 unspecified atom stereocenters. The molecule has 1 aromatic carbocycles. The first-order chi connectivity index (χ1) is 11.1. The topological polar surface area (TPSA) is 82.1 Å². The van der Waals surface area contributed by atoms with Crippen LogP contribution in [0.25, 0.3) is 0 Å². The van der Waals surface area contributed by atoms with E-state index in [-0.39, 0.29) is 36.5 Å². The van der Waals surface area contributed by atoms with Crippen LogP contribution in [0.3, 0.4) is 0 Å². The molecule has 8 heteroatoms. The van der Waals surface area contributed by atoms with Gasteiger partial charge in [0, 0.05) is 39.8 Å². The van der Waals surface area contributed by atoms with Crippen LogP contribution in [0, 0.1) is 0 Å². The summed E-state index contributed by atoms with van der Waals surface area (Å²) < 4.78 is 4.91. The van der Waals surface area contributed by atoms with Crippen molar-refractivity contribution in [2.24, 2.45) is 0 Å². The number of piperazine rings is 1. The van der Waals surface area contributed by atoms with Gasteiger partial charge in [0.1, 0.15) is 5.75 Å². The van der Waals surface area contributed by atoms with Crippen molar-refractivity contribution in [2.45, 2.75) is 0 Å². The van der Waals surface area contributed by atoms with Crippen molar-refractivity contribution in [3.63, 3.8) is 0 Å². The molecule has 1 aliphatic rings. The minimum Gasteiger partial charge on any atom is -0.507 e. The molecule has 0 radical (unpaired) electrons. The molecule has 0 aromatic heterocycles. The van der Waals surface area contributed by atoms with E-state index >= 15 is 0 Å². The smallest absolute Gasteiger partial charge is 0.257 e. The fourth-order valence-electron chi connectivity index (χ4n) is 2.47. The van der Waals surface area contributed by atoms with E-state index < -0.39 is 0 Å². The van der Waals surface area contributed by atoms with Gasteiger partial charge in [-0.1, -0.05) is 12.1 Å². The zero-order valence-electron chi connectivity index (χ0n) is 13.7. The third-order valence-corrected chi connectivity index (χ3v) is 3.81. The Kier molecular flexibility index (Phi) is 8.53. The predicted molar refractivity (Wildman–Crippen MR) is 92.6 cm³/mol. The maximum Gasteiger partial charge on any atom is 0.257 e. The molecule has 134 valence electrons. The number of ether oxygens (including phenoxy) is 1. The number of carbonyl (C=O) groups is 2. The van der Waals surface area contributed by atoms with E-state index in [1.54, 1.807) is 35.1 Å². The second-order valence-corrected chi connectivity index (χ2v) is 5.36. The van der Waals surface area contributed by atoms with Gasteiger partial charge in [-0.3, -0.25) is 9.59 Å². The maximum absolute atomic E-state index is 12.4. The van der Waals surface area contributed by atoms with Gasteiger partial charge in [0.25, 0.3) is 5.91 Å². The monoisotopic (exact) mass is 357 g/mol. The minimum absolute atomic E-state index is 0.